The van der Waals surface area contributed by atoms with Gasteiger partial charge in [0.2, 0.25) is 5.91 Å². The summed E-state index contributed by atoms with van der Waals surface area (Å²) in [6, 6.07) is 4.03. The molecule has 1 saturated heterocycles. The molecule has 0 saturated carbocycles. The van der Waals surface area contributed by atoms with Crippen LogP contribution in [0.2, 0.25) is 5.02 Å². The van der Waals surface area contributed by atoms with Crippen molar-refractivity contribution < 1.29 is 18.0 Å². The lowest BCUT2D eigenvalue weighted by Gasteiger charge is -2.33. The Labute approximate surface area is 205 Å². The van der Waals surface area contributed by atoms with Gasteiger partial charge < -0.3 is 10.2 Å². The molecule has 1 aliphatic heterocycles. The summed E-state index contributed by atoms with van der Waals surface area (Å²) in [5.41, 5.74) is 0.674. The van der Waals surface area contributed by atoms with Crippen LogP contribution in [0.15, 0.2) is 43.0 Å². The van der Waals surface area contributed by atoms with Crippen LogP contribution in [0.3, 0.4) is 0 Å². The Morgan fingerprint density at radius 3 is 2.51 bits per heavy atom. The Kier molecular flexibility index (Phi) is 7.49. The lowest BCUT2D eigenvalue weighted by Crippen LogP contribution is -2.45. The fourth-order valence-corrected chi connectivity index (χ4v) is 4.16. The summed E-state index contributed by atoms with van der Waals surface area (Å²) in [4.78, 5) is 31.3. The summed E-state index contributed by atoms with van der Waals surface area (Å²) in [6.45, 7) is 3.32. The largest absolute Gasteiger partial charge is 0.417 e. The molecule has 4 rings (SSSR count). The van der Waals surface area contributed by atoms with Crippen molar-refractivity contribution in [3.8, 4) is 22.6 Å². The van der Waals surface area contributed by atoms with E-state index in [1.165, 1.54) is 12.3 Å². The average Bonchev–Trinajstić information content (AvgIpc) is 2.84. The minimum atomic E-state index is -4.49. The number of nitrogens with one attached hydrogen (secondary N) is 1. The molecule has 1 fully saturated rings. The monoisotopic (exact) mass is 504 g/mol. The summed E-state index contributed by atoms with van der Waals surface area (Å²) >= 11 is 6.38. The van der Waals surface area contributed by atoms with Gasteiger partial charge in [-0.1, -0.05) is 18.5 Å². The van der Waals surface area contributed by atoms with Gasteiger partial charge in [0.25, 0.3) is 0 Å². The van der Waals surface area contributed by atoms with Crippen molar-refractivity contribution in [2.45, 2.75) is 44.8 Å². The number of halogens is 4. The van der Waals surface area contributed by atoms with E-state index in [-0.39, 0.29) is 17.6 Å². The molecule has 35 heavy (non-hydrogen) atoms. The number of pyridine rings is 2. The highest BCUT2D eigenvalue weighted by Crippen LogP contribution is 2.35. The summed E-state index contributed by atoms with van der Waals surface area (Å²) < 4.78 is 39.0. The van der Waals surface area contributed by atoms with Gasteiger partial charge in [-0.15, -0.1) is 0 Å². The minimum Gasteiger partial charge on any atom is -0.355 e. The number of piperidine rings is 1. The minimum absolute atomic E-state index is 0.0637. The molecule has 7 nitrogen and oxygen atoms in total. The third kappa shape index (κ3) is 5.87. The molecule has 0 unspecified atom stereocenters. The van der Waals surface area contributed by atoms with E-state index in [1.807, 2.05) is 6.92 Å². The van der Waals surface area contributed by atoms with Crippen LogP contribution in [0.1, 0.15) is 38.2 Å². The molecular weight excluding hydrogens is 481 g/mol. The summed E-state index contributed by atoms with van der Waals surface area (Å²) in [5, 5.41) is 3.41. The van der Waals surface area contributed by atoms with Gasteiger partial charge in [0, 0.05) is 49.7 Å². The zero-order chi connectivity index (χ0) is 25.0. The lowest BCUT2D eigenvalue weighted by atomic mass is 10.0. The van der Waals surface area contributed by atoms with E-state index in [4.69, 9.17) is 16.6 Å². The number of aromatic nitrogens is 4. The van der Waals surface area contributed by atoms with Crippen LogP contribution in [-0.4, -0.2) is 45.0 Å². The zero-order valence-electron chi connectivity index (χ0n) is 19.0. The molecule has 1 N–H and O–H groups in total. The SMILES string of the molecule is CCCC(=O)NC1CCN(c2cnc(-c3ccc(C(F)(F)F)cn3)c(-c3ccncc3Cl)n2)CC1. The van der Waals surface area contributed by atoms with Gasteiger partial charge in [0.15, 0.2) is 0 Å². The van der Waals surface area contributed by atoms with E-state index in [1.54, 1.807) is 18.5 Å². The number of carbonyl (C=O) groups excluding carboxylic acids is 1. The fraction of sp³-hybridized carbons (Fsp3) is 0.375. The van der Waals surface area contributed by atoms with Gasteiger partial charge in [0.1, 0.15) is 17.2 Å². The number of amides is 1. The number of rotatable bonds is 6. The van der Waals surface area contributed by atoms with Gasteiger partial charge in [-0.25, -0.2) is 9.97 Å². The molecule has 0 spiro atoms. The van der Waals surface area contributed by atoms with E-state index in [2.05, 4.69) is 25.2 Å². The summed E-state index contributed by atoms with van der Waals surface area (Å²) in [6.07, 6.45) is 3.77. The van der Waals surface area contributed by atoms with Crippen molar-refractivity contribution in [1.82, 2.24) is 25.3 Å². The van der Waals surface area contributed by atoms with Crippen LogP contribution in [-0.2, 0) is 11.0 Å². The highest BCUT2D eigenvalue weighted by atomic mass is 35.5. The molecule has 0 radical (unpaired) electrons. The molecule has 1 aliphatic rings. The van der Waals surface area contributed by atoms with Gasteiger partial charge in [0.05, 0.1) is 22.5 Å². The van der Waals surface area contributed by atoms with Crippen molar-refractivity contribution in [2.24, 2.45) is 0 Å². The maximum absolute atomic E-state index is 13.0. The van der Waals surface area contributed by atoms with E-state index in [0.29, 0.717) is 47.3 Å². The second-order valence-corrected chi connectivity index (χ2v) is 8.70. The molecule has 11 heteroatoms. The molecule has 4 heterocycles. The van der Waals surface area contributed by atoms with Gasteiger partial charge >= 0.3 is 6.18 Å². The highest BCUT2D eigenvalue weighted by molar-refractivity contribution is 6.33. The molecule has 0 aliphatic carbocycles. The van der Waals surface area contributed by atoms with Crippen LogP contribution in [0.25, 0.3) is 22.6 Å². The van der Waals surface area contributed by atoms with Gasteiger partial charge in [-0.2, -0.15) is 13.2 Å². The first-order chi connectivity index (χ1) is 16.8. The first-order valence-corrected chi connectivity index (χ1v) is 11.7. The number of hydrogen-bond acceptors (Lipinski definition) is 6. The topological polar surface area (TPSA) is 83.9 Å². The molecule has 184 valence electrons. The lowest BCUT2D eigenvalue weighted by molar-refractivity contribution is -0.137. The molecule has 0 atom stereocenters. The molecule has 3 aromatic heterocycles. The van der Waals surface area contributed by atoms with Crippen molar-refractivity contribution >= 4 is 23.3 Å². The third-order valence-corrected chi connectivity index (χ3v) is 6.08. The first-order valence-electron chi connectivity index (χ1n) is 11.3. The van der Waals surface area contributed by atoms with Crippen LogP contribution in [0, 0.1) is 0 Å². The first kappa shape index (κ1) is 24.8. The number of anilines is 1. The Bertz CT molecular complexity index is 1180. The second kappa shape index (κ2) is 10.6. The van der Waals surface area contributed by atoms with Crippen LogP contribution in [0.5, 0.6) is 0 Å². The number of hydrogen-bond donors (Lipinski definition) is 1. The Morgan fingerprint density at radius 2 is 1.89 bits per heavy atom. The van der Waals surface area contributed by atoms with E-state index >= 15 is 0 Å². The van der Waals surface area contributed by atoms with Crippen LogP contribution in [0.4, 0.5) is 19.0 Å². The molecule has 3 aromatic rings. The molecule has 1 amide bonds. The Morgan fingerprint density at radius 1 is 1.11 bits per heavy atom. The Balaban J connectivity index is 1.63. The van der Waals surface area contributed by atoms with Crippen molar-refractivity contribution in [1.29, 1.82) is 0 Å². The van der Waals surface area contributed by atoms with Crippen molar-refractivity contribution in [3.63, 3.8) is 0 Å². The zero-order valence-corrected chi connectivity index (χ0v) is 19.8. The number of carbonyl (C=O) groups is 1. The maximum atomic E-state index is 13.0. The van der Waals surface area contributed by atoms with E-state index in [9.17, 15) is 18.0 Å². The second-order valence-electron chi connectivity index (χ2n) is 8.29. The predicted molar refractivity (Wildman–Crippen MR) is 127 cm³/mol. The maximum Gasteiger partial charge on any atom is 0.417 e. The van der Waals surface area contributed by atoms with E-state index in [0.717, 1.165) is 31.5 Å². The number of alkyl halides is 3. The summed E-state index contributed by atoms with van der Waals surface area (Å²) in [7, 11) is 0. The molecule has 0 aromatic carbocycles. The van der Waals surface area contributed by atoms with Gasteiger partial charge in [-0.3, -0.25) is 14.8 Å². The third-order valence-electron chi connectivity index (χ3n) is 5.78. The average molecular weight is 505 g/mol. The predicted octanol–water partition coefficient (Wildman–Crippen LogP) is 5.16. The van der Waals surface area contributed by atoms with Crippen LogP contribution >= 0.6 is 11.6 Å². The highest BCUT2D eigenvalue weighted by Gasteiger charge is 2.31. The normalized spacial score (nSPS) is 14.7. The summed E-state index contributed by atoms with van der Waals surface area (Å²) in [5.74, 6) is 0.677. The quantitative estimate of drug-likeness (QED) is 0.499. The van der Waals surface area contributed by atoms with Gasteiger partial charge in [-0.05, 0) is 37.5 Å². The Hall–Kier alpha value is -3.27. The molecular formula is C24H24ClF3N6O. The fourth-order valence-electron chi connectivity index (χ4n) is 3.96. The van der Waals surface area contributed by atoms with Crippen molar-refractivity contribution in [2.75, 3.05) is 18.0 Å². The molecule has 0 bridgehead atoms. The van der Waals surface area contributed by atoms with Crippen LogP contribution < -0.4 is 10.2 Å². The smallest absolute Gasteiger partial charge is 0.355 e. The standard InChI is InChI=1S/C24H24ClF3N6O/c1-2-3-21(35)32-16-7-10-34(11-8-16)20-14-31-23(19-5-4-15(12-30-19)24(26,27)28)22(33-20)17-6-9-29-13-18(17)25/h4-6,9,12-14,16H,2-3,7-8,10-11H2,1H3,(H,32,35). The van der Waals surface area contributed by atoms with E-state index < -0.39 is 11.7 Å². The number of nitrogens with zero attached hydrogens (tertiary/aromatic N) is 5. The van der Waals surface area contributed by atoms with Crippen molar-refractivity contribution in [3.05, 3.63) is 53.6 Å².